The predicted molar refractivity (Wildman–Crippen MR) is 71.0 cm³/mol. The van der Waals surface area contributed by atoms with Gasteiger partial charge >= 0.3 is 0 Å². The molecule has 4 heteroatoms. The van der Waals surface area contributed by atoms with Gasteiger partial charge in [-0.05, 0) is 24.0 Å². The maximum atomic E-state index is 10.1. The summed E-state index contributed by atoms with van der Waals surface area (Å²) in [7, 11) is 0. The van der Waals surface area contributed by atoms with E-state index in [-0.39, 0.29) is 11.5 Å². The average molecular weight is 257 g/mol. The Morgan fingerprint density at radius 1 is 1.56 bits per heavy atom. The zero-order valence-corrected chi connectivity index (χ0v) is 11.7. The highest BCUT2D eigenvalue weighted by atomic mass is 32.2. The summed E-state index contributed by atoms with van der Waals surface area (Å²) in [6.45, 7) is 6.58. The van der Waals surface area contributed by atoms with E-state index in [0.717, 1.165) is 34.9 Å². The highest BCUT2D eigenvalue weighted by Gasteiger charge is 2.33. The first-order chi connectivity index (χ1) is 7.52. The number of hydrogen-bond donors (Lipinski definition) is 1. The maximum absolute atomic E-state index is 10.1. The van der Waals surface area contributed by atoms with Crippen molar-refractivity contribution in [1.82, 2.24) is 4.98 Å². The van der Waals surface area contributed by atoms with Gasteiger partial charge < -0.3 is 5.11 Å². The third-order valence-electron chi connectivity index (χ3n) is 2.90. The van der Waals surface area contributed by atoms with Crippen LogP contribution >= 0.6 is 23.1 Å². The lowest BCUT2D eigenvalue weighted by Gasteiger charge is -2.31. The summed E-state index contributed by atoms with van der Waals surface area (Å²) in [6.07, 6.45) is 1.58. The number of rotatable bonds is 3. The molecule has 0 radical (unpaired) electrons. The van der Waals surface area contributed by atoms with Gasteiger partial charge in [0.1, 0.15) is 5.01 Å². The molecular weight excluding hydrogens is 238 g/mol. The fourth-order valence-corrected chi connectivity index (χ4v) is 3.99. The number of thiazole rings is 1. The number of hydrogen-bond acceptors (Lipinski definition) is 4. The second kappa shape index (κ2) is 4.67. The molecule has 1 heterocycles. The third kappa shape index (κ3) is 2.60. The summed E-state index contributed by atoms with van der Waals surface area (Å²) < 4.78 is 0. The molecule has 1 unspecified atom stereocenters. The van der Waals surface area contributed by atoms with Gasteiger partial charge in [0, 0.05) is 5.75 Å². The summed E-state index contributed by atoms with van der Waals surface area (Å²) in [5.41, 5.74) is 1.33. The zero-order valence-electron chi connectivity index (χ0n) is 10.1. The molecule has 90 valence electrons. The van der Waals surface area contributed by atoms with E-state index in [1.165, 1.54) is 5.01 Å². The molecule has 0 amide bonds. The topological polar surface area (TPSA) is 33.1 Å². The summed E-state index contributed by atoms with van der Waals surface area (Å²) in [4.78, 5) is 5.79. The van der Waals surface area contributed by atoms with Crippen molar-refractivity contribution in [2.75, 3.05) is 5.75 Å². The molecule has 1 atom stereocenters. The fourth-order valence-electron chi connectivity index (χ4n) is 2.19. The van der Waals surface area contributed by atoms with Crippen LogP contribution in [0.25, 0.3) is 0 Å². The van der Waals surface area contributed by atoms with E-state index >= 15 is 0 Å². The van der Waals surface area contributed by atoms with Crippen molar-refractivity contribution in [1.29, 1.82) is 0 Å². The molecule has 16 heavy (non-hydrogen) atoms. The first kappa shape index (κ1) is 12.4. The van der Waals surface area contributed by atoms with Crippen molar-refractivity contribution in [3.05, 3.63) is 15.6 Å². The molecule has 1 aliphatic carbocycles. The lowest BCUT2D eigenvalue weighted by atomic mass is 9.77. The van der Waals surface area contributed by atoms with Gasteiger partial charge in [-0.3, -0.25) is 0 Å². The van der Waals surface area contributed by atoms with Crippen LogP contribution in [-0.2, 0) is 12.2 Å². The van der Waals surface area contributed by atoms with Gasteiger partial charge in [-0.25, -0.2) is 4.98 Å². The van der Waals surface area contributed by atoms with Crippen LogP contribution < -0.4 is 0 Å². The summed E-state index contributed by atoms with van der Waals surface area (Å²) in [5, 5.41) is 11.3. The summed E-state index contributed by atoms with van der Waals surface area (Å²) >= 11 is 3.59. The number of aromatic nitrogens is 1. The Hall–Kier alpha value is -0.0600. The molecule has 0 spiro atoms. The molecule has 0 aromatic carbocycles. The van der Waals surface area contributed by atoms with E-state index < -0.39 is 0 Å². The van der Waals surface area contributed by atoms with Gasteiger partial charge in [-0.2, -0.15) is 11.8 Å². The van der Waals surface area contributed by atoms with Gasteiger partial charge in [0.2, 0.25) is 0 Å². The van der Waals surface area contributed by atoms with Crippen molar-refractivity contribution >= 4 is 23.1 Å². The number of aliphatic hydroxyl groups is 1. The minimum Gasteiger partial charge on any atom is -0.387 e. The van der Waals surface area contributed by atoms with Gasteiger partial charge in [-0.15, -0.1) is 11.3 Å². The van der Waals surface area contributed by atoms with Gasteiger partial charge in [0.15, 0.2) is 0 Å². The quantitative estimate of drug-likeness (QED) is 0.901. The van der Waals surface area contributed by atoms with E-state index in [2.05, 4.69) is 25.8 Å². The summed E-state index contributed by atoms with van der Waals surface area (Å²) in [5.74, 6) is 2.11. The van der Waals surface area contributed by atoms with Crippen molar-refractivity contribution < 1.29 is 5.11 Å². The Bertz CT molecular complexity index is 373. The minimum absolute atomic E-state index is 0.190. The average Bonchev–Trinajstić information content (AvgIpc) is 2.56. The van der Waals surface area contributed by atoms with E-state index in [4.69, 9.17) is 0 Å². The van der Waals surface area contributed by atoms with Crippen molar-refractivity contribution in [2.24, 2.45) is 5.41 Å². The second-order valence-corrected chi connectivity index (χ2v) is 7.51. The van der Waals surface area contributed by atoms with Crippen LogP contribution in [0.5, 0.6) is 0 Å². The van der Waals surface area contributed by atoms with Crippen LogP contribution in [0.15, 0.2) is 0 Å². The van der Waals surface area contributed by atoms with Crippen LogP contribution in [0.2, 0.25) is 0 Å². The van der Waals surface area contributed by atoms with Gasteiger partial charge in [0.25, 0.3) is 0 Å². The smallest absolute Gasteiger partial charge is 0.103 e. The molecule has 0 saturated heterocycles. The van der Waals surface area contributed by atoms with Crippen molar-refractivity contribution in [2.45, 2.75) is 45.5 Å². The second-order valence-electron chi connectivity index (χ2n) is 5.12. The Morgan fingerprint density at radius 3 is 3.00 bits per heavy atom. The molecule has 1 aromatic rings. The SMILES string of the molecule is CCSCc1nc2c(s1)C(O)CC(C)(C)C2. The molecular formula is C12H19NOS2. The lowest BCUT2D eigenvalue weighted by Crippen LogP contribution is -2.24. The van der Waals surface area contributed by atoms with E-state index in [0.29, 0.717) is 0 Å². The normalized spacial score (nSPS) is 23.1. The van der Waals surface area contributed by atoms with Gasteiger partial charge in [0.05, 0.1) is 16.7 Å². The number of thioether (sulfide) groups is 1. The molecule has 2 nitrogen and oxygen atoms in total. The molecule has 2 rings (SSSR count). The van der Waals surface area contributed by atoms with E-state index in [1.54, 1.807) is 11.3 Å². The number of aliphatic hydroxyl groups excluding tert-OH is 1. The fraction of sp³-hybridized carbons (Fsp3) is 0.750. The molecule has 1 aromatic heterocycles. The standard InChI is InChI=1S/C12H19NOS2/c1-4-15-7-10-13-8-5-12(2,3)6-9(14)11(8)16-10/h9,14H,4-7H2,1-3H3. The number of nitrogens with zero attached hydrogens (tertiary/aromatic N) is 1. The predicted octanol–water partition coefficient (Wildman–Crippen LogP) is 3.40. The third-order valence-corrected chi connectivity index (χ3v) is 5.16. The van der Waals surface area contributed by atoms with Crippen LogP contribution in [0.4, 0.5) is 0 Å². The van der Waals surface area contributed by atoms with Crippen LogP contribution in [-0.4, -0.2) is 15.8 Å². The molecule has 0 aliphatic heterocycles. The van der Waals surface area contributed by atoms with E-state index in [9.17, 15) is 5.11 Å². The van der Waals surface area contributed by atoms with Crippen LogP contribution in [0.3, 0.4) is 0 Å². The van der Waals surface area contributed by atoms with Crippen LogP contribution in [0, 0.1) is 5.41 Å². The molecule has 1 aliphatic rings. The van der Waals surface area contributed by atoms with E-state index in [1.807, 2.05) is 11.8 Å². The lowest BCUT2D eigenvalue weighted by molar-refractivity contribution is 0.102. The first-order valence-corrected chi connectivity index (χ1v) is 7.73. The van der Waals surface area contributed by atoms with Crippen molar-refractivity contribution in [3.63, 3.8) is 0 Å². The molecule has 1 N–H and O–H groups in total. The highest BCUT2D eigenvalue weighted by molar-refractivity contribution is 7.98. The zero-order chi connectivity index (χ0) is 11.8. The number of fused-ring (bicyclic) bond motifs is 1. The Morgan fingerprint density at radius 2 is 2.31 bits per heavy atom. The highest BCUT2D eigenvalue weighted by Crippen LogP contribution is 2.43. The molecule has 0 bridgehead atoms. The Kier molecular flexibility index (Phi) is 3.62. The Labute approximate surface area is 105 Å². The first-order valence-electron chi connectivity index (χ1n) is 5.76. The van der Waals surface area contributed by atoms with Crippen LogP contribution in [0.1, 0.15) is 48.9 Å². The summed E-state index contributed by atoms with van der Waals surface area (Å²) in [6, 6.07) is 0. The minimum atomic E-state index is -0.295. The maximum Gasteiger partial charge on any atom is 0.103 e. The molecule has 0 fully saturated rings. The van der Waals surface area contributed by atoms with Crippen molar-refractivity contribution in [3.8, 4) is 0 Å². The Balaban J connectivity index is 2.20. The molecule has 0 saturated carbocycles. The monoisotopic (exact) mass is 257 g/mol. The largest absolute Gasteiger partial charge is 0.387 e. The van der Waals surface area contributed by atoms with Gasteiger partial charge in [-0.1, -0.05) is 20.8 Å².